The molecule has 0 aliphatic carbocycles. The lowest BCUT2D eigenvalue weighted by Crippen LogP contribution is -2.35. The number of carbonyl (C=O) groups excluding carboxylic acids is 1. The van der Waals surface area contributed by atoms with E-state index in [1.807, 2.05) is 18.0 Å². The third-order valence-electron chi connectivity index (χ3n) is 7.29. The summed E-state index contributed by atoms with van der Waals surface area (Å²) in [6, 6.07) is 12.7. The first-order valence-electron chi connectivity index (χ1n) is 13.9. The average molecular weight is 592 g/mol. The van der Waals surface area contributed by atoms with Gasteiger partial charge in [-0.25, -0.2) is 0 Å². The van der Waals surface area contributed by atoms with Gasteiger partial charge in [-0.05, 0) is 50.1 Å². The Morgan fingerprint density at radius 2 is 1.67 bits per heavy atom. The van der Waals surface area contributed by atoms with Crippen molar-refractivity contribution in [2.75, 3.05) is 34.5 Å². The lowest BCUT2D eigenvalue weighted by Gasteiger charge is -2.20. The first-order chi connectivity index (χ1) is 20.8. The monoisotopic (exact) mass is 591 g/mol. The van der Waals surface area contributed by atoms with E-state index in [2.05, 4.69) is 4.99 Å². The van der Waals surface area contributed by atoms with E-state index in [-0.39, 0.29) is 36.1 Å². The molecular formula is C31H33N3O9. The van der Waals surface area contributed by atoms with Crippen molar-refractivity contribution in [1.82, 2.24) is 4.90 Å². The fraction of sp³-hybridized carbons (Fsp3) is 0.355. The second-order valence-corrected chi connectivity index (χ2v) is 10.1. The maximum Gasteiger partial charge on any atom is 0.315 e. The number of benzene rings is 3. The quantitative estimate of drug-likeness (QED) is 0.185. The van der Waals surface area contributed by atoms with Gasteiger partial charge in [0.1, 0.15) is 11.5 Å². The Morgan fingerprint density at radius 1 is 0.953 bits per heavy atom. The molecule has 0 saturated carbocycles. The van der Waals surface area contributed by atoms with Gasteiger partial charge in [0.25, 0.3) is 5.91 Å². The molecule has 0 N–H and O–H groups in total. The molecule has 1 fully saturated rings. The zero-order valence-corrected chi connectivity index (χ0v) is 24.4. The normalized spacial score (nSPS) is 16.0. The van der Waals surface area contributed by atoms with Gasteiger partial charge in [-0.1, -0.05) is 0 Å². The zero-order valence-electron chi connectivity index (χ0n) is 24.4. The first-order valence-corrected chi connectivity index (χ1v) is 13.9. The van der Waals surface area contributed by atoms with E-state index in [4.69, 9.17) is 28.4 Å². The molecule has 3 aromatic carbocycles. The summed E-state index contributed by atoms with van der Waals surface area (Å²) in [5, 5.41) is 11.8. The van der Waals surface area contributed by atoms with Gasteiger partial charge in [-0.3, -0.25) is 19.9 Å². The van der Waals surface area contributed by atoms with Crippen molar-refractivity contribution in [2.45, 2.75) is 38.3 Å². The molecule has 2 aliphatic rings. The summed E-state index contributed by atoms with van der Waals surface area (Å²) in [6.45, 7) is 2.82. The van der Waals surface area contributed by atoms with Gasteiger partial charge in [0.15, 0.2) is 23.0 Å². The highest BCUT2D eigenvalue weighted by atomic mass is 16.6. The highest BCUT2D eigenvalue weighted by Crippen LogP contribution is 2.39. The van der Waals surface area contributed by atoms with Crippen molar-refractivity contribution < 1.29 is 38.1 Å². The molecule has 3 aromatic rings. The number of ether oxygens (including phenoxy) is 6. The number of aliphatic imine (C=N–C) groups is 1. The van der Waals surface area contributed by atoms with E-state index in [9.17, 15) is 14.9 Å². The Kier molecular flexibility index (Phi) is 8.84. The van der Waals surface area contributed by atoms with Crippen LogP contribution in [0.15, 0.2) is 53.5 Å². The summed E-state index contributed by atoms with van der Waals surface area (Å²) < 4.78 is 33.8. The summed E-state index contributed by atoms with van der Waals surface area (Å²) in [5.41, 5.74) is 0.782. The SMILES string of the molecule is COc1ccc(Oc2ccc(OC(C)CCOc3cc4c(cc3OC)C(=O)N3CCC[C@H]3C=N4)cc2[N+](=O)[O-])cc1OC. The maximum absolute atomic E-state index is 13.1. The van der Waals surface area contributed by atoms with E-state index in [0.29, 0.717) is 58.7 Å². The Balaban J connectivity index is 1.22. The second kappa shape index (κ2) is 12.9. The number of nitrogens with zero attached hydrogens (tertiary/aromatic N) is 3. The summed E-state index contributed by atoms with van der Waals surface area (Å²) in [5.74, 6) is 2.51. The second-order valence-electron chi connectivity index (χ2n) is 10.1. The predicted molar refractivity (Wildman–Crippen MR) is 158 cm³/mol. The molecule has 2 atom stereocenters. The molecule has 0 spiro atoms. The van der Waals surface area contributed by atoms with Gasteiger partial charge < -0.3 is 33.3 Å². The van der Waals surface area contributed by atoms with Gasteiger partial charge >= 0.3 is 5.69 Å². The number of hydrogen-bond acceptors (Lipinski definition) is 10. The van der Waals surface area contributed by atoms with Crippen molar-refractivity contribution in [2.24, 2.45) is 4.99 Å². The van der Waals surface area contributed by atoms with Crippen LogP contribution in [0.2, 0.25) is 0 Å². The standard InChI is InChI=1S/C31H33N3O9/c1-19(11-13-41-30-17-24-23(16-29(30)40-4)31(35)33-12-5-6-20(33)18-32-24)42-21-7-9-26(25(14-21)34(36)37)43-22-8-10-27(38-2)28(15-22)39-3/h7-10,14-20H,5-6,11-13H2,1-4H3/t19?,20-/m0/s1. The Hall–Kier alpha value is -5.00. The van der Waals surface area contributed by atoms with Crippen molar-refractivity contribution in [1.29, 1.82) is 0 Å². The molecule has 1 amide bonds. The number of rotatable bonds is 12. The smallest absolute Gasteiger partial charge is 0.315 e. The minimum absolute atomic E-state index is 0.00988. The third kappa shape index (κ3) is 6.42. The number of amides is 1. The molecule has 0 radical (unpaired) electrons. The summed E-state index contributed by atoms with van der Waals surface area (Å²) in [4.78, 5) is 30.8. The van der Waals surface area contributed by atoms with E-state index >= 15 is 0 Å². The van der Waals surface area contributed by atoms with Crippen LogP contribution in [0.3, 0.4) is 0 Å². The summed E-state index contributed by atoms with van der Waals surface area (Å²) >= 11 is 0. The molecular weight excluding hydrogens is 558 g/mol. The van der Waals surface area contributed by atoms with Gasteiger partial charge in [-0.15, -0.1) is 0 Å². The molecule has 1 saturated heterocycles. The lowest BCUT2D eigenvalue weighted by atomic mass is 10.1. The molecule has 0 aromatic heterocycles. The van der Waals surface area contributed by atoms with E-state index < -0.39 is 4.92 Å². The van der Waals surface area contributed by atoms with E-state index in [0.717, 1.165) is 12.8 Å². The van der Waals surface area contributed by atoms with Crippen LogP contribution in [-0.4, -0.2) is 68.6 Å². The first kappa shape index (κ1) is 29.5. The number of hydrogen-bond donors (Lipinski definition) is 0. The number of nitro benzene ring substituents is 1. The molecule has 226 valence electrons. The third-order valence-corrected chi connectivity index (χ3v) is 7.29. The van der Waals surface area contributed by atoms with Gasteiger partial charge in [0.05, 0.1) is 62.3 Å². The highest BCUT2D eigenvalue weighted by Gasteiger charge is 2.32. The molecule has 2 aliphatic heterocycles. The Labute approximate surface area is 248 Å². The predicted octanol–water partition coefficient (Wildman–Crippen LogP) is 5.97. The summed E-state index contributed by atoms with van der Waals surface area (Å²) in [6.07, 6.45) is 3.82. The lowest BCUT2D eigenvalue weighted by molar-refractivity contribution is -0.385. The zero-order chi connectivity index (χ0) is 30.5. The molecule has 12 nitrogen and oxygen atoms in total. The number of methoxy groups -OCH3 is 3. The van der Waals surface area contributed by atoms with Crippen LogP contribution >= 0.6 is 0 Å². The Bertz CT molecular complexity index is 1540. The average Bonchev–Trinajstić information content (AvgIpc) is 3.44. The number of carbonyl (C=O) groups is 1. The fourth-order valence-corrected chi connectivity index (χ4v) is 5.05. The van der Waals surface area contributed by atoms with E-state index in [1.54, 1.807) is 36.4 Å². The molecule has 0 bridgehead atoms. The summed E-state index contributed by atoms with van der Waals surface area (Å²) in [7, 11) is 4.53. The minimum atomic E-state index is -0.529. The van der Waals surface area contributed by atoms with Gasteiger partial charge in [0, 0.05) is 31.3 Å². The molecule has 5 rings (SSSR count). The number of nitro groups is 1. The number of fused-ring (bicyclic) bond motifs is 2. The molecule has 43 heavy (non-hydrogen) atoms. The van der Waals surface area contributed by atoms with Crippen LogP contribution < -0.4 is 28.4 Å². The van der Waals surface area contributed by atoms with Crippen LogP contribution in [0, 0.1) is 10.1 Å². The maximum atomic E-state index is 13.1. The molecule has 2 heterocycles. The van der Waals surface area contributed by atoms with Crippen molar-refractivity contribution in [3.8, 4) is 40.2 Å². The minimum Gasteiger partial charge on any atom is -0.493 e. The van der Waals surface area contributed by atoms with E-state index in [1.165, 1.54) is 33.5 Å². The van der Waals surface area contributed by atoms with Crippen LogP contribution in [0.5, 0.6) is 40.2 Å². The van der Waals surface area contributed by atoms with Crippen molar-refractivity contribution >= 4 is 23.5 Å². The molecule has 12 heteroatoms. The largest absolute Gasteiger partial charge is 0.493 e. The van der Waals surface area contributed by atoms with Crippen LogP contribution in [0.4, 0.5) is 11.4 Å². The topological polar surface area (TPSA) is 131 Å². The highest BCUT2D eigenvalue weighted by molar-refractivity contribution is 6.03. The molecule has 1 unspecified atom stereocenters. The van der Waals surface area contributed by atoms with Gasteiger partial charge in [0.2, 0.25) is 5.75 Å². The van der Waals surface area contributed by atoms with Crippen molar-refractivity contribution in [3.63, 3.8) is 0 Å². The van der Waals surface area contributed by atoms with Crippen LogP contribution in [0.1, 0.15) is 36.5 Å². The van der Waals surface area contributed by atoms with Crippen LogP contribution in [0.25, 0.3) is 0 Å². The van der Waals surface area contributed by atoms with Gasteiger partial charge in [-0.2, -0.15) is 0 Å². The van der Waals surface area contributed by atoms with Crippen LogP contribution in [-0.2, 0) is 0 Å². The fourth-order valence-electron chi connectivity index (χ4n) is 5.05. The Morgan fingerprint density at radius 3 is 2.42 bits per heavy atom. The van der Waals surface area contributed by atoms with Crippen molar-refractivity contribution in [3.05, 3.63) is 64.2 Å².